The molecule has 1 amide bonds. The van der Waals surface area contributed by atoms with Crippen molar-refractivity contribution in [2.24, 2.45) is 5.92 Å². The maximum absolute atomic E-state index is 12.7. The molecule has 7 heteroatoms. The summed E-state index contributed by atoms with van der Waals surface area (Å²) in [6.45, 7) is 0.887. The molecule has 2 rings (SSSR count). The zero-order chi connectivity index (χ0) is 16.2. The lowest BCUT2D eigenvalue weighted by Crippen LogP contribution is -2.27. The molecule has 0 radical (unpaired) electrons. The number of nitrogens with zero attached hydrogens (tertiary/aromatic N) is 1. The standard InChI is InChI=1S/C15H20FNO4S/c1-21-14-6-4-12(5-7-14)3-2-8-17-10-13(9-15(17)18)11-22(16,19)20/h4-7,13H,2-3,8-11H2,1H3. The molecule has 1 aromatic rings. The van der Waals surface area contributed by atoms with E-state index in [4.69, 9.17) is 4.74 Å². The maximum atomic E-state index is 12.7. The monoisotopic (exact) mass is 329 g/mol. The summed E-state index contributed by atoms with van der Waals surface area (Å²) in [5.74, 6) is -0.283. The summed E-state index contributed by atoms with van der Waals surface area (Å²) in [6.07, 6.45) is 1.72. The fourth-order valence-corrected chi connectivity index (χ4v) is 3.52. The minimum absolute atomic E-state index is 0.0941. The Hall–Kier alpha value is -1.63. The van der Waals surface area contributed by atoms with Crippen molar-refractivity contribution in [2.75, 3.05) is 26.0 Å². The van der Waals surface area contributed by atoms with Gasteiger partial charge in [-0.25, -0.2) is 0 Å². The fraction of sp³-hybridized carbons (Fsp3) is 0.533. The molecule has 1 unspecified atom stereocenters. The van der Waals surface area contributed by atoms with Gasteiger partial charge in [0.1, 0.15) is 5.75 Å². The van der Waals surface area contributed by atoms with Crippen LogP contribution in [0.25, 0.3) is 0 Å². The van der Waals surface area contributed by atoms with Gasteiger partial charge in [-0.05, 0) is 30.5 Å². The van der Waals surface area contributed by atoms with Gasteiger partial charge in [-0.1, -0.05) is 12.1 Å². The van der Waals surface area contributed by atoms with E-state index < -0.39 is 21.9 Å². The predicted molar refractivity (Wildman–Crippen MR) is 80.9 cm³/mol. The lowest BCUT2D eigenvalue weighted by Gasteiger charge is -2.16. The number of methoxy groups -OCH3 is 1. The van der Waals surface area contributed by atoms with E-state index in [1.54, 1.807) is 12.0 Å². The predicted octanol–water partition coefficient (Wildman–Crippen LogP) is 1.78. The van der Waals surface area contributed by atoms with Crippen molar-refractivity contribution >= 4 is 16.1 Å². The molecule has 5 nitrogen and oxygen atoms in total. The van der Waals surface area contributed by atoms with Crippen molar-refractivity contribution in [1.29, 1.82) is 0 Å². The molecule has 1 heterocycles. The van der Waals surface area contributed by atoms with Crippen LogP contribution in [0.3, 0.4) is 0 Å². The van der Waals surface area contributed by atoms with Crippen molar-refractivity contribution < 1.29 is 21.8 Å². The quantitative estimate of drug-likeness (QED) is 0.715. The molecule has 1 aromatic carbocycles. The summed E-state index contributed by atoms with van der Waals surface area (Å²) in [7, 11) is -2.90. The normalized spacial score (nSPS) is 18.7. The molecule has 1 aliphatic rings. The van der Waals surface area contributed by atoms with Crippen molar-refractivity contribution in [2.45, 2.75) is 19.3 Å². The first kappa shape index (κ1) is 16.7. The highest BCUT2D eigenvalue weighted by Crippen LogP contribution is 2.21. The summed E-state index contributed by atoms with van der Waals surface area (Å²) >= 11 is 0. The molecule has 0 saturated carbocycles. The van der Waals surface area contributed by atoms with E-state index >= 15 is 0 Å². The third kappa shape index (κ3) is 4.98. The van der Waals surface area contributed by atoms with Crippen molar-refractivity contribution in [1.82, 2.24) is 4.90 Å². The highest BCUT2D eigenvalue weighted by atomic mass is 32.3. The van der Waals surface area contributed by atoms with Gasteiger partial charge < -0.3 is 9.64 Å². The molecule has 122 valence electrons. The zero-order valence-electron chi connectivity index (χ0n) is 12.5. The molecule has 1 aliphatic heterocycles. The van der Waals surface area contributed by atoms with Crippen LogP contribution in [0.4, 0.5) is 3.89 Å². The Balaban J connectivity index is 1.78. The molecule has 0 bridgehead atoms. The van der Waals surface area contributed by atoms with E-state index in [2.05, 4.69) is 0 Å². The largest absolute Gasteiger partial charge is 0.497 e. The first-order valence-corrected chi connectivity index (χ1v) is 8.75. The molecular weight excluding hydrogens is 309 g/mol. The molecule has 0 N–H and O–H groups in total. The Kier molecular flexibility index (Phi) is 5.39. The molecule has 1 atom stereocenters. The highest BCUT2D eigenvalue weighted by Gasteiger charge is 2.32. The second-order valence-electron chi connectivity index (χ2n) is 5.57. The van der Waals surface area contributed by atoms with Gasteiger partial charge in [0, 0.05) is 25.4 Å². The Labute approximate surface area is 130 Å². The first-order chi connectivity index (χ1) is 10.4. The topological polar surface area (TPSA) is 63.7 Å². The lowest BCUT2D eigenvalue weighted by molar-refractivity contribution is -0.127. The zero-order valence-corrected chi connectivity index (χ0v) is 13.3. The summed E-state index contributed by atoms with van der Waals surface area (Å²) in [6, 6.07) is 7.73. The summed E-state index contributed by atoms with van der Waals surface area (Å²) in [5.41, 5.74) is 1.15. The van der Waals surface area contributed by atoms with Crippen LogP contribution in [-0.4, -0.2) is 45.2 Å². The summed E-state index contributed by atoms with van der Waals surface area (Å²) in [5, 5.41) is 0. The summed E-state index contributed by atoms with van der Waals surface area (Å²) in [4.78, 5) is 13.4. The average Bonchev–Trinajstić information content (AvgIpc) is 2.77. The van der Waals surface area contributed by atoms with Gasteiger partial charge in [0.05, 0.1) is 12.9 Å². The Morgan fingerprint density at radius 3 is 2.59 bits per heavy atom. The Bertz CT molecular complexity index is 615. The number of hydrogen-bond acceptors (Lipinski definition) is 4. The van der Waals surface area contributed by atoms with Crippen LogP contribution in [0.1, 0.15) is 18.4 Å². The Morgan fingerprint density at radius 1 is 1.32 bits per heavy atom. The van der Waals surface area contributed by atoms with Gasteiger partial charge in [-0.2, -0.15) is 8.42 Å². The van der Waals surface area contributed by atoms with Crippen molar-refractivity contribution in [3.63, 3.8) is 0 Å². The number of carbonyl (C=O) groups is 1. The van der Waals surface area contributed by atoms with E-state index in [1.165, 1.54) is 0 Å². The van der Waals surface area contributed by atoms with E-state index in [9.17, 15) is 17.1 Å². The van der Waals surface area contributed by atoms with Gasteiger partial charge in [-0.15, -0.1) is 3.89 Å². The molecule has 1 fully saturated rings. The molecule has 1 saturated heterocycles. The van der Waals surface area contributed by atoms with Crippen molar-refractivity contribution in [3.8, 4) is 5.75 Å². The molecule has 0 aliphatic carbocycles. The van der Waals surface area contributed by atoms with E-state index in [0.717, 1.165) is 24.2 Å². The van der Waals surface area contributed by atoms with Crippen LogP contribution in [0, 0.1) is 5.92 Å². The highest BCUT2D eigenvalue weighted by molar-refractivity contribution is 7.86. The smallest absolute Gasteiger partial charge is 0.302 e. The molecule has 0 aromatic heterocycles. The number of rotatable bonds is 7. The van der Waals surface area contributed by atoms with Gasteiger partial charge in [0.25, 0.3) is 0 Å². The van der Waals surface area contributed by atoms with Gasteiger partial charge in [-0.3, -0.25) is 4.79 Å². The number of benzene rings is 1. The number of halogens is 1. The molecule has 22 heavy (non-hydrogen) atoms. The second kappa shape index (κ2) is 7.09. The van der Waals surface area contributed by atoms with Crippen LogP contribution in [0.5, 0.6) is 5.75 Å². The van der Waals surface area contributed by atoms with Crippen LogP contribution >= 0.6 is 0 Å². The number of hydrogen-bond donors (Lipinski definition) is 0. The second-order valence-corrected chi connectivity index (χ2v) is 6.98. The third-order valence-corrected chi connectivity index (χ3v) is 4.65. The van der Waals surface area contributed by atoms with Gasteiger partial charge in [0.15, 0.2) is 0 Å². The molecule has 0 spiro atoms. The SMILES string of the molecule is COc1ccc(CCCN2CC(CS(=O)(=O)F)CC2=O)cc1. The number of amides is 1. The van der Waals surface area contributed by atoms with Crippen LogP contribution < -0.4 is 4.74 Å². The first-order valence-electron chi connectivity index (χ1n) is 7.20. The van der Waals surface area contributed by atoms with Gasteiger partial charge in [0.2, 0.25) is 5.91 Å². The Morgan fingerprint density at radius 2 is 2.00 bits per heavy atom. The minimum Gasteiger partial charge on any atom is -0.497 e. The number of likely N-dealkylation sites (tertiary alicyclic amines) is 1. The number of carbonyl (C=O) groups excluding carboxylic acids is 1. The average molecular weight is 329 g/mol. The minimum atomic E-state index is -4.52. The van der Waals surface area contributed by atoms with E-state index in [0.29, 0.717) is 13.1 Å². The van der Waals surface area contributed by atoms with Gasteiger partial charge >= 0.3 is 10.2 Å². The van der Waals surface area contributed by atoms with E-state index in [1.807, 2.05) is 24.3 Å². The maximum Gasteiger partial charge on any atom is 0.302 e. The lowest BCUT2D eigenvalue weighted by atomic mass is 10.1. The third-order valence-electron chi connectivity index (χ3n) is 3.78. The van der Waals surface area contributed by atoms with Crippen molar-refractivity contribution in [3.05, 3.63) is 29.8 Å². The fourth-order valence-electron chi connectivity index (χ4n) is 2.73. The molecular formula is C15H20FNO4S. The number of aryl methyl sites for hydroxylation is 1. The van der Waals surface area contributed by atoms with Crippen LogP contribution in [0.2, 0.25) is 0 Å². The summed E-state index contributed by atoms with van der Waals surface area (Å²) < 4.78 is 39.0. The van der Waals surface area contributed by atoms with Crippen LogP contribution in [0.15, 0.2) is 24.3 Å². The van der Waals surface area contributed by atoms with E-state index in [-0.39, 0.29) is 12.3 Å². The number of ether oxygens (including phenoxy) is 1. The van der Waals surface area contributed by atoms with Crippen LogP contribution in [-0.2, 0) is 21.4 Å².